The molecule has 0 radical (unpaired) electrons. The Balaban J connectivity index is 0.000000177. The monoisotopic (exact) mass is 1170 g/mol. The fourth-order valence-corrected chi connectivity index (χ4v) is 13.3. The van der Waals surface area contributed by atoms with Crippen molar-refractivity contribution in [2.24, 2.45) is 0 Å². The van der Waals surface area contributed by atoms with Gasteiger partial charge in [-0.15, -0.1) is 0 Å². The molecule has 6 fully saturated rings. The van der Waals surface area contributed by atoms with E-state index in [0.717, 1.165) is 133 Å². The van der Waals surface area contributed by atoms with Crippen molar-refractivity contribution in [3.63, 3.8) is 0 Å². The van der Waals surface area contributed by atoms with Gasteiger partial charge in [0.1, 0.15) is 5.82 Å². The quantitative estimate of drug-likeness (QED) is 0.0587. The number of aromatic amines is 2. The smallest absolute Gasteiger partial charge is 0.246 e. The van der Waals surface area contributed by atoms with Crippen molar-refractivity contribution >= 4 is 57.1 Å². The van der Waals surface area contributed by atoms with Crippen LogP contribution in [-0.2, 0) is 19.1 Å². The number of H-pyrrole nitrogens is 2. The lowest BCUT2D eigenvalue weighted by molar-refractivity contribution is -0.140. The lowest BCUT2D eigenvalue weighted by Gasteiger charge is -2.43. The fraction of sp³-hybridized carbons (Fsp3) is 0.485. The van der Waals surface area contributed by atoms with E-state index in [1.54, 1.807) is 28.0 Å². The molecule has 2 atom stereocenters. The maximum Gasteiger partial charge on any atom is 0.246 e. The number of carbonyl (C=O) groups excluding carboxylic acids is 2. The van der Waals surface area contributed by atoms with Gasteiger partial charge in [0.25, 0.3) is 0 Å². The van der Waals surface area contributed by atoms with E-state index in [0.29, 0.717) is 69.5 Å². The molecule has 454 valence electrons. The van der Waals surface area contributed by atoms with Crippen LogP contribution in [0.4, 0.5) is 24.5 Å². The maximum atomic E-state index is 13.4. The zero-order valence-corrected chi connectivity index (χ0v) is 48.4. The second-order valence-electron chi connectivity index (χ2n) is 24.1. The van der Waals surface area contributed by atoms with E-state index in [1.807, 2.05) is 0 Å². The molecular weight excluding hydrogens is 1090 g/mol. The predicted octanol–water partition coefficient (Wildman–Crippen LogP) is 7.64. The standard InChI is InChI=1S/C33H40F2N4O4.C33H41FN4O4/c34-28-4-1-23(19-29(28)35)2-6-32(41)39-13-9-33(42,10-14-39)31(40)22-37-11-7-24(8-12-37)27-21-36-30-5-3-25(20-26(27)30)38-15-17-43-18-16-38;34-26-4-1-24(2-5-26)3-8-32(40)38-15-11-33(41,12-16-38)31(39)23-36-13-9-25(10-14-36)29-22-35-30-7-6-27(21-28(29)30)37-17-19-42-20-18-37/h1-6,19-21,24,31,36,40,42H,7-18,22H2;1-8,21-22,25,31,35,39,41H,9-20,23H2/b6-2+;8-3+. The molecule has 85 heavy (non-hydrogen) atoms. The average Bonchev–Trinajstić information content (AvgIpc) is 3.45. The molecule has 0 spiro atoms. The van der Waals surface area contributed by atoms with Crippen molar-refractivity contribution in [3.8, 4) is 0 Å². The third-order valence-corrected chi connectivity index (χ3v) is 18.8. The number of morpholine rings is 2. The number of β-amino-alcohol motifs (C(OH)–C–C–N with tert-alkyl or cyclic N) is 2. The number of rotatable bonds is 14. The van der Waals surface area contributed by atoms with Crippen LogP contribution in [0, 0.1) is 17.5 Å². The van der Waals surface area contributed by atoms with Gasteiger partial charge in [-0.25, -0.2) is 13.2 Å². The number of fused-ring (bicyclic) bond motifs is 2. The molecule has 0 aliphatic carbocycles. The van der Waals surface area contributed by atoms with Crippen LogP contribution in [0.5, 0.6) is 0 Å². The number of benzene rings is 4. The number of aliphatic hydroxyl groups is 4. The van der Waals surface area contributed by atoms with Gasteiger partial charge in [0.15, 0.2) is 11.6 Å². The fourth-order valence-electron chi connectivity index (χ4n) is 13.3. The number of nitrogens with one attached hydrogen (secondary N) is 2. The van der Waals surface area contributed by atoms with Crippen LogP contribution in [0.15, 0.2) is 103 Å². The van der Waals surface area contributed by atoms with Crippen LogP contribution in [0.2, 0.25) is 0 Å². The van der Waals surface area contributed by atoms with Gasteiger partial charge < -0.3 is 69.3 Å². The number of anilines is 2. The Labute approximate surface area is 495 Å². The molecule has 12 rings (SSSR count). The highest BCUT2D eigenvalue weighted by molar-refractivity contribution is 5.93. The van der Waals surface area contributed by atoms with Gasteiger partial charge in [0, 0.05) is 123 Å². The molecule has 6 aliphatic rings. The maximum absolute atomic E-state index is 13.4. The van der Waals surface area contributed by atoms with E-state index in [4.69, 9.17) is 9.47 Å². The molecule has 19 heteroatoms. The summed E-state index contributed by atoms with van der Waals surface area (Å²) >= 11 is 0. The number of hydrogen-bond acceptors (Lipinski definition) is 12. The first-order valence-electron chi connectivity index (χ1n) is 30.4. The number of aromatic nitrogens is 2. The molecule has 2 unspecified atom stereocenters. The third-order valence-electron chi connectivity index (χ3n) is 18.8. The average molecular weight is 1170 g/mol. The van der Waals surface area contributed by atoms with E-state index in [1.165, 1.54) is 69.7 Å². The summed E-state index contributed by atoms with van der Waals surface area (Å²) in [5.41, 5.74) is 6.18. The topological polar surface area (TPSA) is 185 Å². The summed E-state index contributed by atoms with van der Waals surface area (Å²) in [4.78, 5) is 44.8. The van der Waals surface area contributed by atoms with E-state index < -0.39 is 35.0 Å². The molecule has 8 heterocycles. The number of hydrogen-bond donors (Lipinski definition) is 6. The Morgan fingerprint density at radius 3 is 1.36 bits per heavy atom. The summed E-state index contributed by atoms with van der Waals surface area (Å²) in [7, 11) is 0. The second-order valence-corrected chi connectivity index (χ2v) is 24.1. The number of ether oxygens (including phenoxy) is 2. The third kappa shape index (κ3) is 14.5. The highest BCUT2D eigenvalue weighted by Crippen LogP contribution is 2.38. The molecule has 6 aromatic rings. The van der Waals surface area contributed by atoms with Crippen molar-refractivity contribution in [3.05, 3.63) is 143 Å². The lowest BCUT2D eigenvalue weighted by Crippen LogP contribution is -2.56. The molecule has 6 aliphatic heterocycles. The number of likely N-dealkylation sites (tertiary alicyclic amines) is 4. The Kier molecular flexibility index (Phi) is 19.1. The van der Waals surface area contributed by atoms with Gasteiger partial charge in [0.2, 0.25) is 11.8 Å². The summed E-state index contributed by atoms with van der Waals surface area (Å²) in [5.74, 6) is -1.75. The molecule has 4 aromatic carbocycles. The number of carbonyl (C=O) groups is 2. The molecule has 2 amide bonds. The lowest BCUT2D eigenvalue weighted by atomic mass is 9.84. The minimum atomic E-state index is -1.26. The number of nitrogens with zero attached hydrogens (tertiary/aromatic N) is 6. The van der Waals surface area contributed by atoms with Crippen LogP contribution in [0.1, 0.15) is 85.5 Å². The second kappa shape index (κ2) is 27.0. The van der Waals surface area contributed by atoms with Crippen LogP contribution in [0.25, 0.3) is 34.0 Å². The highest BCUT2D eigenvalue weighted by Gasteiger charge is 2.42. The summed E-state index contributed by atoms with van der Waals surface area (Å²) < 4.78 is 50.7. The molecule has 0 bridgehead atoms. The van der Waals surface area contributed by atoms with E-state index >= 15 is 0 Å². The van der Waals surface area contributed by atoms with Crippen LogP contribution < -0.4 is 9.80 Å². The minimum absolute atomic E-state index is 0.146. The normalized spacial score (nSPS) is 21.2. The summed E-state index contributed by atoms with van der Waals surface area (Å²) in [6, 6.07) is 22.7. The zero-order valence-electron chi connectivity index (χ0n) is 48.4. The minimum Gasteiger partial charge on any atom is -0.389 e. The number of halogens is 3. The number of aliphatic hydroxyl groups excluding tert-OH is 2. The molecule has 6 N–H and O–H groups in total. The van der Waals surface area contributed by atoms with Crippen LogP contribution in [0.3, 0.4) is 0 Å². The number of piperidine rings is 4. The zero-order chi connectivity index (χ0) is 59.1. The Morgan fingerprint density at radius 2 is 0.941 bits per heavy atom. The van der Waals surface area contributed by atoms with Crippen molar-refractivity contribution in [2.75, 3.05) is 128 Å². The molecule has 0 saturated carbocycles. The van der Waals surface area contributed by atoms with Gasteiger partial charge in [-0.3, -0.25) is 9.59 Å². The first kappa shape index (κ1) is 60.2. The van der Waals surface area contributed by atoms with E-state index in [-0.39, 0.29) is 30.5 Å². The first-order valence-corrected chi connectivity index (χ1v) is 30.4. The largest absolute Gasteiger partial charge is 0.389 e. The van der Waals surface area contributed by atoms with Gasteiger partial charge in [0.05, 0.1) is 49.8 Å². The summed E-state index contributed by atoms with van der Waals surface area (Å²) in [5, 5.41) is 47.2. The van der Waals surface area contributed by atoms with Gasteiger partial charge in [-0.1, -0.05) is 18.2 Å². The van der Waals surface area contributed by atoms with E-state index in [9.17, 15) is 43.2 Å². The SMILES string of the molecule is O=C(/C=C/c1ccc(F)c(F)c1)N1CCC(O)(C(O)CN2CCC(c3c[nH]c4ccc(N5CCOCC5)cc34)CC2)CC1.O=C(/C=C/c1ccc(F)cc1)N1CCC(O)(C(O)CN2CCC(c3c[nH]c4ccc(N5CCOCC5)cc34)CC2)CC1. The predicted molar refractivity (Wildman–Crippen MR) is 324 cm³/mol. The molecule has 6 saturated heterocycles. The van der Waals surface area contributed by atoms with Gasteiger partial charge in [-0.2, -0.15) is 0 Å². The Hall–Kier alpha value is -6.55. The van der Waals surface area contributed by atoms with Crippen molar-refractivity contribution in [1.29, 1.82) is 0 Å². The van der Waals surface area contributed by atoms with Crippen LogP contribution in [-0.4, -0.2) is 203 Å². The number of amides is 2. The van der Waals surface area contributed by atoms with Crippen molar-refractivity contribution in [1.82, 2.24) is 29.6 Å². The van der Waals surface area contributed by atoms with Crippen molar-refractivity contribution in [2.45, 2.75) is 86.6 Å². The van der Waals surface area contributed by atoms with Gasteiger partial charge in [-0.05, 0) is 184 Å². The summed E-state index contributed by atoms with van der Waals surface area (Å²) in [6.07, 6.45) is 13.6. The first-order chi connectivity index (χ1) is 41.2. The molecule has 16 nitrogen and oxygen atoms in total. The highest BCUT2D eigenvalue weighted by atomic mass is 19.2. The Morgan fingerprint density at radius 1 is 0.529 bits per heavy atom. The molecular formula is C66H81F3N8O8. The Bertz CT molecular complexity index is 3270. The summed E-state index contributed by atoms with van der Waals surface area (Å²) in [6.45, 7) is 12.3. The van der Waals surface area contributed by atoms with Gasteiger partial charge >= 0.3 is 0 Å². The van der Waals surface area contributed by atoms with E-state index in [2.05, 4.69) is 78.4 Å². The van der Waals surface area contributed by atoms with Crippen molar-refractivity contribution < 1.29 is 52.7 Å². The van der Waals surface area contributed by atoms with Crippen LogP contribution >= 0.6 is 0 Å². The molecule has 2 aromatic heterocycles.